The van der Waals surface area contributed by atoms with Gasteiger partial charge in [-0.05, 0) is 31.7 Å². The second kappa shape index (κ2) is 6.86. The van der Waals surface area contributed by atoms with E-state index in [1.807, 2.05) is 9.80 Å². The van der Waals surface area contributed by atoms with Gasteiger partial charge in [0.15, 0.2) is 0 Å². The van der Waals surface area contributed by atoms with Crippen LogP contribution in [-0.2, 0) is 9.59 Å². The highest BCUT2D eigenvalue weighted by atomic mass is 16.2. The Balaban J connectivity index is 1.68. The molecule has 3 N–H and O–H groups in total. The van der Waals surface area contributed by atoms with E-state index in [9.17, 15) is 9.59 Å². The van der Waals surface area contributed by atoms with Crippen molar-refractivity contribution in [2.45, 2.75) is 19.3 Å². The largest absolute Gasteiger partial charge is 0.369 e. The quantitative estimate of drug-likeness (QED) is 0.648. The highest BCUT2D eigenvalue weighted by Crippen LogP contribution is 2.27. The number of nitrogens with two attached hydrogens (primary N) is 1. The first kappa shape index (κ1) is 14.3. The number of nitrogens with zero attached hydrogens (tertiary/aromatic N) is 2. The fourth-order valence-electron chi connectivity index (χ4n) is 2.42. The van der Waals surface area contributed by atoms with E-state index in [4.69, 9.17) is 5.73 Å². The van der Waals surface area contributed by atoms with Gasteiger partial charge in [-0.25, -0.2) is 0 Å². The van der Waals surface area contributed by atoms with E-state index >= 15 is 0 Å². The summed E-state index contributed by atoms with van der Waals surface area (Å²) in [6.45, 7) is 4.73. The predicted molar refractivity (Wildman–Crippen MR) is 72.4 cm³/mol. The zero-order chi connectivity index (χ0) is 13.7. The molecule has 19 heavy (non-hydrogen) atoms. The fraction of sp³-hybridized carbons (Fsp3) is 0.846. The SMILES string of the molecule is NC(=O)CN1CCCN(C(=O)CNCC2CC2)CC1. The lowest BCUT2D eigenvalue weighted by Crippen LogP contribution is -2.41. The third-order valence-electron chi connectivity index (χ3n) is 3.73. The van der Waals surface area contributed by atoms with Crippen molar-refractivity contribution in [3.05, 3.63) is 0 Å². The summed E-state index contributed by atoms with van der Waals surface area (Å²) in [4.78, 5) is 26.8. The van der Waals surface area contributed by atoms with Crippen molar-refractivity contribution in [2.75, 3.05) is 45.8 Å². The molecule has 0 aromatic heterocycles. The third kappa shape index (κ3) is 5.16. The van der Waals surface area contributed by atoms with E-state index in [-0.39, 0.29) is 11.8 Å². The van der Waals surface area contributed by atoms with Gasteiger partial charge in [0.1, 0.15) is 0 Å². The lowest BCUT2D eigenvalue weighted by Gasteiger charge is -2.21. The molecular weight excluding hydrogens is 244 g/mol. The van der Waals surface area contributed by atoms with Crippen LogP contribution in [0, 0.1) is 5.92 Å². The third-order valence-corrected chi connectivity index (χ3v) is 3.73. The average Bonchev–Trinajstić information content (AvgIpc) is 3.15. The van der Waals surface area contributed by atoms with E-state index in [1.54, 1.807) is 0 Å². The summed E-state index contributed by atoms with van der Waals surface area (Å²) in [5.41, 5.74) is 5.20. The molecule has 1 aliphatic carbocycles. The molecule has 1 heterocycles. The molecule has 2 rings (SSSR count). The van der Waals surface area contributed by atoms with Crippen molar-refractivity contribution in [3.8, 4) is 0 Å². The number of carbonyl (C=O) groups is 2. The second-order valence-electron chi connectivity index (χ2n) is 5.55. The highest BCUT2D eigenvalue weighted by Gasteiger charge is 2.22. The van der Waals surface area contributed by atoms with Crippen molar-refractivity contribution in [1.82, 2.24) is 15.1 Å². The Morgan fingerprint density at radius 2 is 1.95 bits per heavy atom. The first-order valence-corrected chi connectivity index (χ1v) is 7.14. The lowest BCUT2D eigenvalue weighted by molar-refractivity contribution is -0.130. The van der Waals surface area contributed by atoms with Crippen LogP contribution in [0.3, 0.4) is 0 Å². The number of rotatable bonds is 6. The average molecular weight is 268 g/mol. The summed E-state index contributed by atoms with van der Waals surface area (Å²) in [6.07, 6.45) is 3.50. The molecule has 1 saturated heterocycles. The lowest BCUT2D eigenvalue weighted by atomic mass is 10.3. The molecule has 2 aliphatic rings. The maximum Gasteiger partial charge on any atom is 0.236 e. The Morgan fingerprint density at radius 3 is 2.63 bits per heavy atom. The monoisotopic (exact) mass is 268 g/mol. The molecule has 0 atom stereocenters. The molecule has 1 saturated carbocycles. The summed E-state index contributed by atoms with van der Waals surface area (Å²) in [5.74, 6) is 0.662. The smallest absolute Gasteiger partial charge is 0.236 e. The van der Waals surface area contributed by atoms with E-state index in [2.05, 4.69) is 5.32 Å². The highest BCUT2D eigenvalue weighted by molar-refractivity contribution is 5.78. The van der Waals surface area contributed by atoms with Gasteiger partial charge in [-0.2, -0.15) is 0 Å². The normalized spacial score (nSPS) is 21.2. The fourth-order valence-corrected chi connectivity index (χ4v) is 2.42. The van der Waals surface area contributed by atoms with Gasteiger partial charge in [0.25, 0.3) is 0 Å². The molecule has 2 amide bonds. The van der Waals surface area contributed by atoms with Crippen molar-refractivity contribution < 1.29 is 9.59 Å². The van der Waals surface area contributed by atoms with Crippen LogP contribution in [0.4, 0.5) is 0 Å². The number of hydrogen-bond donors (Lipinski definition) is 2. The Kier molecular flexibility index (Phi) is 5.15. The predicted octanol–water partition coefficient (Wildman–Crippen LogP) is -0.994. The van der Waals surface area contributed by atoms with E-state index in [1.165, 1.54) is 12.8 Å². The summed E-state index contributed by atoms with van der Waals surface area (Å²) in [5, 5.41) is 3.23. The van der Waals surface area contributed by atoms with Crippen LogP contribution in [0.15, 0.2) is 0 Å². The van der Waals surface area contributed by atoms with Crippen LogP contribution in [0.5, 0.6) is 0 Å². The Morgan fingerprint density at radius 1 is 1.16 bits per heavy atom. The van der Waals surface area contributed by atoms with Gasteiger partial charge in [-0.1, -0.05) is 0 Å². The number of carbonyl (C=O) groups excluding carboxylic acids is 2. The molecule has 2 fully saturated rings. The number of hydrogen-bond acceptors (Lipinski definition) is 4. The topological polar surface area (TPSA) is 78.7 Å². The minimum Gasteiger partial charge on any atom is -0.369 e. The van der Waals surface area contributed by atoms with Crippen molar-refractivity contribution in [3.63, 3.8) is 0 Å². The number of amides is 2. The Labute approximate surface area is 114 Å². The summed E-state index contributed by atoms with van der Waals surface area (Å²) in [6, 6.07) is 0. The molecule has 1 aliphatic heterocycles. The van der Waals surface area contributed by atoms with Gasteiger partial charge >= 0.3 is 0 Å². The first-order valence-electron chi connectivity index (χ1n) is 7.14. The summed E-state index contributed by atoms with van der Waals surface area (Å²) >= 11 is 0. The summed E-state index contributed by atoms with van der Waals surface area (Å²) < 4.78 is 0. The van der Waals surface area contributed by atoms with Crippen LogP contribution in [-0.4, -0.2) is 67.4 Å². The Hall–Kier alpha value is -1.14. The zero-order valence-electron chi connectivity index (χ0n) is 11.4. The standard InChI is InChI=1S/C13H24N4O2/c14-12(18)10-16-4-1-5-17(7-6-16)13(19)9-15-8-11-2-3-11/h11,15H,1-10H2,(H2,14,18). The molecule has 0 unspecified atom stereocenters. The molecule has 0 bridgehead atoms. The van der Waals surface area contributed by atoms with Gasteiger partial charge in [0.05, 0.1) is 13.1 Å². The van der Waals surface area contributed by atoms with Gasteiger partial charge in [-0.3, -0.25) is 14.5 Å². The minimum absolute atomic E-state index is 0.168. The van der Waals surface area contributed by atoms with Crippen LogP contribution in [0.2, 0.25) is 0 Å². The first-order chi connectivity index (χ1) is 9.15. The van der Waals surface area contributed by atoms with E-state index in [0.29, 0.717) is 19.6 Å². The van der Waals surface area contributed by atoms with E-state index in [0.717, 1.165) is 38.5 Å². The molecule has 0 radical (unpaired) electrons. The van der Waals surface area contributed by atoms with Crippen molar-refractivity contribution in [2.24, 2.45) is 11.7 Å². The molecule has 6 nitrogen and oxygen atoms in total. The van der Waals surface area contributed by atoms with E-state index < -0.39 is 0 Å². The molecule has 108 valence electrons. The van der Waals surface area contributed by atoms with Gasteiger partial charge < -0.3 is 16.0 Å². The van der Waals surface area contributed by atoms with Crippen LogP contribution >= 0.6 is 0 Å². The van der Waals surface area contributed by atoms with Gasteiger partial charge in [-0.15, -0.1) is 0 Å². The Bertz CT molecular complexity index is 331. The minimum atomic E-state index is -0.300. The van der Waals surface area contributed by atoms with Crippen molar-refractivity contribution >= 4 is 11.8 Å². The molecule has 0 spiro atoms. The zero-order valence-corrected chi connectivity index (χ0v) is 11.4. The second-order valence-corrected chi connectivity index (χ2v) is 5.55. The summed E-state index contributed by atoms with van der Waals surface area (Å²) in [7, 11) is 0. The van der Waals surface area contributed by atoms with Crippen LogP contribution in [0.25, 0.3) is 0 Å². The van der Waals surface area contributed by atoms with Crippen molar-refractivity contribution in [1.29, 1.82) is 0 Å². The molecule has 6 heteroatoms. The van der Waals surface area contributed by atoms with Crippen LogP contribution in [0.1, 0.15) is 19.3 Å². The molecular formula is C13H24N4O2. The van der Waals surface area contributed by atoms with Crippen LogP contribution < -0.4 is 11.1 Å². The molecule has 0 aromatic carbocycles. The van der Waals surface area contributed by atoms with Gasteiger partial charge in [0, 0.05) is 26.2 Å². The molecule has 0 aromatic rings. The van der Waals surface area contributed by atoms with Gasteiger partial charge in [0.2, 0.25) is 11.8 Å². The number of primary amides is 1. The number of nitrogens with one attached hydrogen (secondary N) is 1. The maximum absolute atomic E-state index is 12.0. The maximum atomic E-state index is 12.0.